The van der Waals surface area contributed by atoms with E-state index in [0.717, 1.165) is 0 Å². The highest BCUT2D eigenvalue weighted by molar-refractivity contribution is 6.66. The predicted octanol–water partition coefficient (Wildman–Crippen LogP) is 2.10. The van der Waals surface area contributed by atoms with Gasteiger partial charge in [0.2, 0.25) is 10.5 Å². The molecule has 0 aromatic heterocycles. The molecule has 0 fully saturated rings. The number of halogens is 2. The Bertz CT molecular complexity index is 177. The molecule has 0 saturated heterocycles. The summed E-state index contributed by atoms with van der Waals surface area (Å²) in [6.07, 6.45) is 1.90. The molecule has 11 heavy (non-hydrogen) atoms. The first-order valence-corrected chi connectivity index (χ1v) is 3.82. The van der Waals surface area contributed by atoms with E-state index in [2.05, 4.69) is 6.58 Å². The molecule has 0 aromatic carbocycles. The predicted molar refractivity (Wildman–Crippen MR) is 44.6 cm³/mol. The molecule has 0 aliphatic heterocycles. The van der Waals surface area contributed by atoms with E-state index >= 15 is 0 Å². The summed E-state index contributed by atoms with van der Waals surface area (Å²) in [5.74, 6) is -0.515. The molecule has 0 aliphatic carbocycles. The average molecular weight is 195 g/mol. The van der Waals surface area contributed by atoms with Gasteiger partial charge < -0.3 is 0 Å². The van der Waals surface area contributed by atoms with Crippen LogP contribution in [-0.4, -0.2) is 10.5 Å². The van der Waals surface area contributed by atoms with Gasteiger partial charge in [-0.1, -0.05) is 6.08 Å². The fourth-order valence-electron chi connectivity index (χ4n) is 0.651. The minimum absolute atomic E-state index is 0.0179. The highest BCUT2D eigenvalue weighted by Gasteiger charge is 2.17. The van der Waals surface area contributed by atoms with Crippen LogP contribution in [0.3, 0.4) is 0 Å². The van der Waals surface area contributed by atoms with Gasteiger partial charge >= 0.3 is 0 Å². The lowest BCUT2D eigenvalue weighted by atomic mass is 10.0. The molecule has 0 saturated carbocycles. The lowest BCUT2D eigenvalue weighted by Crippen LogP contribution is -2.10. The number of allylic oxidation sites excluding steroid dienone is 1. The van der Waals surface area contributed by atoms with E-state index in [-0.39, 0.29) is 6.42 Å². The summed E-state index contributed by atoms with van der Waals surface area (Å²) in [6.45, 7) is 3.42. The molecule has 0 amide bonds. The number of hydrogen-bond acceptors (Lipinski definition) is 2. The molecule has 0 spiro atoms. The Balaban J connectivity index is 3.99. The zero-order chi connectivity index (χ0) is 8.85. The van der Waals surface area contributed by atoms with Gasteiger partial charge in [0.1, 0.15) is 0 Å². The molecular formula is C7H8Cl2O2. The van der Waals surface area contributed by atoms with Gasteiger partial charge in [0.25, 0.3) is 0 Å². The quantitative estimate of drug-likeness (QED) is 0.497. The molecule has 0 bridgehead atoms. The van der Waals surface area contributed by atoms with Crippen molar-refractivity contribution in [2.24, 2.45) is 5.92 Å². The molecular weight excluding hydrogens is 187 g/mol. The maximum absolute atomic E-state index is 10.6. The average Bonchev–Trinajstić information content (AvgIpc) is 1.86. The van der Waals surface area contributed by atoms with Crippen molar-refractivity contribution in [1.82, 2.24) is 0 Å². The Morgan fingerprint density at radius 1 is 1.45 bits per heavy atom. The van der Waals surface area contributed by atoms with Crippen molar-refractivity contribution >= 4 is 33.7 Å². The van der Waals surface area contributed by atoms with Gasteiger partial charge in [-0.05, 0) is 29.6 Å². The fourth-order valence-corrected chi connectivity index (χ4v) is 1.00. The summed E-state index contributed by atoms with van der Waals surface area (Å²) in [5, 5.41) is -1.09. The maximum atomic E-state index is 10.6. The highest BCUT2D eigenvalue weighted by atomic mass is 35.5. The van der Waals surface area contributed by atoms with Crippen molar-refractivity contribution < 1.29 is 9.59 Å². The lowest BCUT2D eigenvalue weighted by Gasteiger charge is -2.04. The molecule has 0 radical (unpaired) electrons. The van der Waals surface area contributed by atoms with E-state index in [4.69, 9.17) is 23.2 Å². The van der Waals surface area contributed by atoms with E-state index < -0.39 is 16.4 Å². The molecule has 62 valence electrons. The fraction of sp³-hybridized carbons (Fsp3) is 0.429. The second-order valence-electron chi connectivity index (χ2n) is 2.08. The van der Waals surface area contributed by atoms with Gasteiger partial charge in [-0.2, -0.15) is 0 Å². The van der Waals surface area contributed by atoms with Crippen molar-refractivity contribution in [1.29, 1.82) is 0 Å². The third-order valence-electron chi connectivity index (χ3n) is 1.18. The summed E-state index contributed by atoms with van der Waals surface area (Å²) in [6, 6.07) is 0. The highest BCUT2D eigenvalue weighted by Crippen LogP contribution is 2.14. The van der Waals surface area contributed by atoms with Crippen LogP contribution in [0.15, 0.2) is 12.7 Å². The minimum Gasteiger partial charge on any atom is -0.281 e. The molecule has 1 atom stereocenters. The maximum Gasteiger partial charge on any atom is 0.225 e. The van der Waals surface area contributed by atoms with Crippen LogP contribution in [0.4, 0.5) is 0 Å². The lowest BCUT2D eigenvalue weighted by molar-refractivity contribution is -0.119. The summed E-state index contributed by atoms with van der Waals surface area (Å²) < 4.78 is 0. The van der Waals surface area contributed by atoms with Crippen LogP contribution in [0.5, 0.6) is 0 Å². The standard InChI is InChI=1S/C7H8Cl2O2/c1-2-3-5(7(9)11)4-6(8)10/h2,5H,1,3-4H2. The van der Waals surface area contributed by atoms with Crippen LogP contribution in [0, 0.1) is 5.92 Å². The van der Waals surface area contributed by atoms with Crippen molar-refractivity contribution in [3.63, 3.8) is 0 Å². The second kappa shape index (κ2) is 5.33. The van der Waals surface area contributed by atoms with E-state index in [9.17, 15) is 9.59 Å². The summed E-state index contributed by atoms with van der Waals surface area (Å²) in [5.41, 5.74) is 0. The Morgan fingerprint density at radius 2 is 2.00 bits per heavy atom. The van der Waals surface area contributed by atoms with Crippen LogP contribution in [-0.2, 0) is 9.59 Å². The van der Waals surface area contributed by atoms with E-state index in [1.54, 1.807) is 0 Å². The summed E-state index contributed by atoms with van der Waals surface area (Å²) in [7, 11) is 0. The largest absolute Gasteiger partial charge is 0.281 e. The van der Waals surface area contributed by atoms with Crippen LogP contribution < -0.4 is 0 Å². The molecule has 2 nitrogen and oxygen atoms in total. The molecule has 0 N–H and O–H groups in total. The topological polar surface area (TPSA) is 34.1 Å². The van der Waals surface area contributed by atoms with Gasteiger partial charge in [0.15, 0.2) is 0 Å². The van der Waals surface area contributed by atoms with Crippen LogP contribution in [0.25, 0.3) is 0 Å². The van der Waals surface area contributed by atoms with Crippen LogP contribution in [0.2, 0.25) is 0 Å². The number of carbonyl (C=O) groups is 2. The zero-order valence-corrected chi connectivity index (χ0v) is 7.36. The molecule has 0 rings (SSSR count). The smallest absolute Gasteiger partial charge is 0.225 e. The first kappa shape index (κ1) is 10.7. The Morgan fingerprint density at radius 3 is 2.27 bits per heavy atom. The molecule has 0 aromatic rings. The van der Waals surface area contributed by atoms with Crippen molar-refractivity contribution in [2.45, 2.75) is 12.8 Å². The van der Waals surface area contributed by atoms with Crippen molar-refractivity contribution in [3.8, 4) is 0 Å². The Kier molecular flexibility index (Phi) is 5.16. The normalized spacial score (nSPS) is 12.2. The third kappa shape index (κ3) is 4.99. The van der Waals surface area contributed by atoms with E-state index in [0.29, 0.717) is 6.42 Å². The summed E-state index contributed by atoms with van der Waals surface area (Å²) >= 11 is 10.2. The Hall–Kier alpha value is -0.340. The van der Waals surface area contributed by atoms with E-state index in [1.807, 2.05) is 0 Å². The molecule has 4 heteroatoms. The van der Waals surface area contributed by atoms with Gasteiger partial charge in [-0.25, -0.2) is 0 Å². The number of hydrogen-bond donors (Lipinski definition) is 0. The Labute approximate surface area is 75.2 Å². The number of carbonyl (C=O) groups excluding carboxylic acids is 2. The minimum atomic E-state index is -0.550. The SMILES string of the molecule is C=CCC(CC(=O)Cl)C(=O)Cl. The monoisotopic (exact) mass is 194 g/mol. The third-order valence-corrected chi connectivity index (χ3v) is 1.64. The molecule has 0 heterocycles. The van der Waals surface area contributed by atoms with Gasteiger partial charge in [-0.15, -0.1) is 6.58 Å². The first-order valence-electron chi connectivity index (χ1n) is 3.06. The summed E-state index contributed by atoms with van der Waals surface area (Å²) in [4.78, 5) is 20.9. The van der Waals surface area contributed by atoms with Gasteiger partial charge in [0, 0.05) is 12.3 Å². The van der Waals surface area contributed by atoms with Gasteiger partial charge in [0.05, 0.1) is 0 Å². The zero-order valence-electron chi connectivity index (χ0n) is 5.85. The van der Waals surface area contributed by atoms with Gasteiger partial charge in [-0.3, -0.25) is 9.59 Å². The first-order chi connectivity index (χ1) is 5.07. The van der Waals surface area contributed by atoms with E-state index in [1.165, 1.54) is 6.08 Å². The van der Waals surface area contributed by atoms with Crippen LogP contribution >= 0.6 is 23.2 Å². The van der Waals surface area contributed by atoms with Crippen molar-refractivity contribution in [2.75, 3.05) is 0 Å². The second-order valence-corrected chi connectivity index (χ2v) is 2.88. The molecule has 1 unspecified atom stereocenters. The van der Waals surface area contributed by atoms with Crippen LogP contribution in [0.1, 0.15) is 12.8 Å². The number of rotatable bonds is 5. The molecule has 0 aliphatic rings. The van der Waals surface area contributed by atoms with Crippen molar-refractivity contribution in [3.05, 3.63) is 12.7 Å².